The van der Waals surface area contributed by atoms with E-state index < -0.39 is 11.7 Å². The topological polar surface area (TPSA) is 91.8 Å². The lowest BCUT2D eigenvalue weighted by molar-refractivity contribution is -0.137. The summed E-state index contributed by atoms with van der Waals surface area (Å²) in [5.74, 6) is 2.00. The molecule has 0 unspecified atom stereocenters. The second-order valence-electron chi connectivity index (χ2n) is 7.18. The van der Waals surface area contributed by atoms with Crippen LogP contribution in [0.15, 0.2) is 48.7 Å². The van der Waals surface area contributed by atoms with Gasteiger partial charge in [-0.15, -0.1) is 0 Å². The van der Waals surface area contributed by atoms with Crippen LogP contribution in [0.25, 0.3) is 0 Å². The number of alkyl halides is 3. The van der Waals surface area contributed by atoms with Gasteiger partial charge in [-0.3, -0.25) is 4.79 Å². The predicted octanol–water partition coefficient (Wildman–Crippen LogP) is 4.02. The highest BCUT2D eigenvalue weighted by Gasteiger charge is 2.30. The fourth-order valence-electron chi connectivity index (χ4n) is 2.96. The number of amides is 1. The second-order valence-corrected chi connectivity index (χ2v) is 7.18. The number of nitrogens with zero attached hydrogens (tertiary/aromatic N) is 3. The zero-order valence-electron chi connectivity index (χ0n) is 17.6. The van der Waals surface area contributed by atoms with Crippen molar-refractivity contribution in [2.45, 2.75) is 26.4 Å². The van der Waals surface area contributed by atoms with E-state index in [0.29, 0.717) is 35.4 Å². The van der Waals surface area contributed by atoms with Crippen molar-refractivity contribution in [3.8, 4) is 0 Å². The lowest BCUT2D eigenvalue weighted by Gasteiger charge is -2.11. The molecule has 2 heterocycles. The van der Waals surface area contributed by atoms with Crippen LogP contribution in [0.5, 0.6) is 0 Å². The average molecular weight is 444 g/mol. The van der Waals surface area contributed by atoms with Crippen molar-refractivity contribution in [1.29, 1.82) is 0 Å². The van der Waals surface area contributed by atoms with Gasteiger partial charge in [0.25, 0.3) is 0 Å². The van der Waals surface area contributed by atoms with Gasteiger partial charge in [0.1, 0.15) is 23.3 Å². The van der Waals surface area contributed by atoms with E-state index >= 15 is 0 Å². The molecule has 7 nitrogen and oxygen atoms in total. The summed E-state index contributed by atoms with van der Waals surface area (Å²) in [5.41, 5.74) is 0.596. The van der Waals surface area contributed by atoms with Gasteiger partial charge in [-0.25, -0.2) is 15.0 Å². The molecule has 0 aliphatic carbocycles. The van der Waals surface area contributed by atoms with E-state index in [9.17, 15) is 18.0 Å². The normalized spacial score (nSPS) is 11.2. The summed E-state index contributed by atoms with van der Waals surface area (Å²) < 4.78 is 38.4. The molecule has 0 saturated heterocycles. The minimum Gasteiger partial charge on any atom is -0.368 e. The molecule has 0 saturated carbocycles. The van der Waals surface area contributed by atoms with Crippen LogP contribution in [0.1, 0.15) is 22.5 Å². The molecule has 0 bridgehead atoms. The van der Waals surface area contributed by atoms with E-state index in [-0.39, 0.29) is 18.9 Å². The number of hydrogen-bond donors (Lipinski definition) is 3. The molecule has 0 fully saturated rings. The van der Waals surface area contributed by atoms with Crippen LogP contribution < -0.4 is 16.0 Å². The second kappa shape index (κ2) is 10.1. The van der Waals surface area contributed by atoms with Gasteiger partial charge in [0, 0.05) is 25.4 Å². The molecule has 10 heteroatoms. The van der Waals surface area contributed by atoms with E-state index in [1.165, 1.54) is 12.1 Å². The molecular formula is C22H23F3N6O. The molecule has 3 aromatic rings. The molecule has 1 aromatic carbocycles. The summed E-state index contributed by atoms with van der Waals surface area (Å²) in [6.45, 7) is 4.39. The Kier molecular flexibility index (Phi) is 7.24. The smallest absolute Gasteiger partial charge is 0.368 e. The fraction of sp³-hybridized carbons (Fsp3) is 0.273. The number of anilines is 3. The van der Waals surface area contributed by atoms with Crippen molar-refractivity contribution in [3.63, 3.8) is 0 Å². The maximum absolute atomic E-state index is 12.8. The number of benzene rings is 1. The van der Waals surface area contributed by atoms with E-state index in [2.05, 4.69) is 30.9 Å². The molecule has 0 aliphatic rings. The van der Waals surface area contributed by atoms with Gasteiger partial charge in [-0.2, -0.15) is 13.2 Å². The van der Waals surface area contributed by atoms with E-state index in [1.54, 1.807) is 19.2 Å². The lowest BCUT2D eigenvalue weighted by atomic mass is 10.1. The third-order valence-corrected chi connectivity index (χ3v) is 4.38. The fourth-order valence-corrected chi connectivity index (χ4v) is 2.96. The average Bonchev–Trinajstić information content (AvgIpc) is 2.70. The molecule has 0 atom stereocenters. The number of aryl methyl sites for hydroxylation is 2. The maximum atomic E-state index is 12.8. The lowest BCUT2D eigenvalue weighted by Crippen LogP contribution is -2.30. The summed E-state index contributed by atoms with van der Waals surface area (Å²) in [6.07, 6.45) is -2.86. The highest BCUT2D eigenvalue weighted by Crippen LogP contribution is 2.29. The summed E-state index contributed by atoms with van der Waals surface area (Å²) in [5, 5.41) is 8.90. The quantitative estimate of drug-likeness (QED) is 0.455. The van der Waals surface area contributed by atoms with Gasteiger partial charge in [-0.1, -0.05) is 18.2 Å². The summed E-state index contributed by atoms with van der Waals surface area (Å²) in [7, 11) is 0. The van der Waals surface area contributed by atoms with Crippen LogP contribution >= 0.6 is 0 Å². The molecule has 0 spiro atoms. The van der Waals surface area contributed by atoms with Gasteiger partial charge in [0.15, 0.2) is 0 Å². The minimum absolute atomic E-state index is 0.131. The maximum Gasteiger partial charge on any atom is 0.416 e. The Morgan fingerprint density at radius 3 is 2.50 bits per heavy atom. The largest absolute Gasteiger partial charge is 0.416 e. The Bertz CT molecular complexity index is 1090. The monoisotopic (exact) mass is 444 g/mol. The van der Waals surface area contributed by atoms with Gasteiger partial charge >= 0.3 is 6.18 Å². The number of rotatable bonds is 8. The van der Waals surface area contributed by atoms with E-state index in [0.717, 1.165) is 17.7 Å². The number of hydrogen-bond acceptors (Lipinski definition) is 6. The van der Waals surface area contributed by atoms with Crippen molar-refractivity contribution < 1.29 is 18.0 Å². The van der Waals surface area contributed by atoms with Crippen LogP contribution in [-0.2, 0) is 17.4 Å². The van der Waals surface area contributed by atoms with Gasteiger partial charge in [0.2, 0.25) is 5.91 Å². The van der Waals surface area contributed by atoms with Crippen LogP contribution in [0.3, 0.4) is 0 Å². The molecule has 168 valence electrons. The molecule has 1 amide bonds. The number of halogens is 3. The Morgan fingerprint density at radius 1 is 0.969 bits per heavy atom. The van der Waals surface area contributed by atoms with Crippen molar-refractivity contribution >= 4 is 23.4 Å². The highest BCUT2D eigenvalue weighted by atomic mass is 19.4. The number of nitrogens with one attached hydrogen (secondary N) is 3. The Hall–Kier alpha value is -3.69. The standard InChI is InChI=1S/C22H23F3N6O/c1-14-6-7-26-18(10-14)31-20-13-19(29-15(2)30-20)27-8-9-28-21(32)12-16-4-3-5-17(11-16)22(23,24)25/h3-7,10-11,13H,8-9,12H2,1-2H3,(H,28,32)(H2,26,27,29,30,31). The molecule has 0 aliphatic heterocycles. The SMILES string of the molecule is Cc1ccnc(Nc2cc(NCCNC(=O)Cc3cccc(C(F)(F)F)c3)nc(C)n2)c1. The van der Waals surface area contributed by atoms with Crippen LogP contribution in [-0.4, -0.2) is 33.9 Å². The third kappa shape index (κ3) is 6.93. The molecule has 32 heavy (non-hydrogen) atoms. The Morgan fingerprint density at radius 2 is 1.75 bits per heavy atom. The third-order valence-electron chi connectivity index (χ3n) is 4.38. The molecule has 3 N–H and O–H groups in total. The predicted molar refractivity (Wildman–Crippen MR) is 116 cm³/mol. The first kappa shape index (κ1) is 23.0. The van der Waals surface area contributed by atoms with Crippen molar-refractivity contribution in [2.24, 2.45) is 0 Å². The molecule has 0 radical (unpaired) electrons. The van der Waals surface area contributed by atoms with Crippen molar-refractivity contribution in [3.05, 3.63) is 71.2 Å². The van der Waals surface area contributed by atoms with Gasteiger partial charge in [0.05, 0.1) is 12.0 Å². The van der Waals surface area contributed by atoms with Gasteiger partial charge < -0.3 is 16.0 Å². The first-order valence-corrected chi connectivity index (χ1v) is 9.91. The van der Waals surface area contributed by atoms with Crippen LogP contribution in [0, 0.1) is 13.8 Å². The van der Waals surface area contributed by atoms with Crippen LogP contribution in [0.2, 0.25) is 0 Å². The Labute approximate surface area is 183 Å². The van der Waals surface area contributed by atoms with Crippen molar-refractivity contribution in [2.75, 3.05) is 23.7 Å². The first-order chi connectivity index (χ1) is 15.2. The van der Waals surface area contributed by atoms with E-state index in [4.69, 9.17) is 0 Å². The Balaban J connectivity index is 1.49. The molecule has 2 aromatic heterocycles. The van der Waals surface area contributed by atoms with Crippen molar-refractivity contribution in [1.82, 2.24) is 20.3 Å². The number of carbonyl (C=O) groups is 1. The molecular weight excluding hydrogens is 421 g/mol. The number of pyridine rings is 1. The molecule has 3 rings (SSSR count). The zero-order valence-corrected chi connectivity index (χ0v) is 17.6. The summed E-state index contributed by atoms with van der Waals surface area (Å²) in [4.78, 5) is 24.9. The summed E-state index contributed by atoms with van der Waals surface area (Å²) in [6, 6.07) is 10.3. The first-order valence-electron chi connectivity index (χ1n) is 9.91. The summed E-state index contributed by atoms with van der Waals surface area (Å²) >= 11 is 0. The number of carbonyl (C=O) groups excluding carboxylic acids is 1. The van der Waals surface area contributed by atoms with Crippen LogP contribution in [0.4, 0.5) is 30.6 Å². The van der Waals surface area contributed by atoms with E-state index in [1.807, 2.05) is 19.1 Å². The van der Waals surface area contributed by atoms with Gasteiger partial charge in [-0.05, 0) is 43.2 Å². The zero-order chi connectivity index (χ0) is 23.1. The number of aromatic nitrogens is 3. The highest BCUT2D eigenvalue weighted by molar-refractivity contribution is 5.78. The minimum atomic E-state index is -4.44.